The minimum absolute atomic E-state index is 0.0404. The van der Waals surface area contributed by atoms with Gasteiger partial charge in [0, 0.05) is 49.2 Å². The molecule has 0 radical (unpaired) electrons. The van der Waals surface area contributed by atoms with Crippen LogP contribution in [0.5, 0.6) is 0 Å². The lowest BCUT2D eigenvalue weighted by Gasteiger charge is -2.46. The van der Waals surface area contributed by atoms with Gasteiger partial charge in [-0.2, -0.15) is 0 Å². The number of anilines is 5. The van der Waals surface area contributed by atoms with Crippen molar-refractivity contribution in [2.45, 2.75) is 36.0 Å². The Bertz CT molecular complexity index is 2100. The molecule has 44 heavy (non-hydrogen) atoms. The Kier molecular flexibility index (Phi) is 5.52. The Morgan fingerprint density at radius 3 is 2.05 bits per heavy atom. The number of para-hydroxylation sites is 3. The Labute approximate surface area is 264 Å². The largest absolute Gasteiger partial charge is 0.376 e. The second-order valence-corrected chi connectivity index (χ2v) is 13.8. The molecule has 0 bridgehead atoms. The van der Waals surface area contributed by atoms with Gasteiger partial charge in [-0.1, -0.05) is 104 Å². The van der Waals surface area contributed by atoms with E-state index in [2.05, 4.69) is 164 Å². The molecule has 0 aromatic heterocycles. The van der Waals surface area contributed by atoms with Gasteiger partial charge in [-0.25, -0.2) is 0 Å². The Morgan fingerprint density at radius 1 is 0.568 bits per heavy atom. The maximum atomic E-state index is 2.60. The smallest absolute Gasteiger partial charge is 0.333 e. The molecule has 0 saturated heterocycles. The molecule has 0 atom stereocenters. The van der Waals surface area contributed by atoms with E-state index in [1.54, 1.807) is 0 Å². The number of aryl methyl sites for hydroxylation is 1. The molecule has 6 aromatic carbocycles. The molecule has 0 aliphatic carbocycles. The summed E-state index contributed by atoms with van der Waals surface area (Å²) in [6.07, 6.45) is 0. The molecule has 3 aliphatic rings. The average molecular weight is 583 g/mol. The number of rotatable bonds is 2. The maximum absolute atomic E-state index is 2.60. The molecule has 0 saturated carbocycles. The fourth-order valence-corrected chi connectivity index (χ4v) is 9.12. The maximum Gasteiger partial charge on any atom is 0.333 e. The summed E-state index contributed by atoms with van der Waals surface area (Å²) in [6, 6.07) is 49.5. The zero-order valence-electron chi connectivity index (χ0n) is 25.1. The second-order valence-electron chi connectivity index (χ2n) is 12.7. The Morgan fingerprint density at radius 2 is 1.25 bits per heavy atom. The van der Waals surface area contributed by atoms with E-state index < -0.39 is 0 Å². The van der Waals surface area contributed by atoms with Crippen LogP contribution in [0.15, 0.2) is 143 Å². The Balaban J connectivity index is 1.39. The van der Waals surface area contributed by atoms with Crippen molar-refractivity contribution >= 4 is 58.0 Å². The number of hydrogen-bond acceptors (Lipinski definition) is 3. The van der Waals surface area contributed by atoms with Gasteiger partial charge in [-0.05, 0) is 94.7 Å². The minimum atomic E-state index is -0.104. The number of hydrogen-bond donors (Lipinski definition) is 0. The fourth-order valence-electron chi connectivity index (χ4n) is 7.71. The summed E-state index contributed by atoms with van der Waals surface area (Å²) in [4.78, 5) is 7.78. The summed E-state index contributed by atoms with van der Waals surface area (Å²) in [5, 5.41) is 0. The Hall–Kier alpha value is -4.67. The van der Waals surface area contributed by atoms with Gasteiger partial charge in [0.1, 0.15) is 0 Å². The summed E-state index contributed by atoms with van der Waals surface area (Å²) in [5.74, 6) is 0. The first-order valence-electron chi connectivity index (χ1n) is 15.4. The lowest BCUT2D eigenvalue weighted by Crippen LogP contribution is -2.61. The monoisotopic (exact) mass is 582 g/mol. The summed E-state index contributed by atoms with van der Waals surface area (Å²) < 4.78 is 0. The van der Waals surface area contributed by atoms with Gasteiger partial charge < -0.3 is 9.71 Å². The van der Waals surface area contributed by atoms with Crippen LogP contribution in [0.4, 0.5) is 28.4 Å². The van der Waals surface area contributed by atoms with E-state index >= 15 is 0 Å². The third-order valence-electron chi connectivity index (χ3n) is 9.70. The molecule has 2 nitrogen and oxygen atoms in total. The van der Waals surface area contributed by atoms with Crippen molar-refractivity contribution in [3.63, 3.8) is 0 Å². The second kappa shape index (κ2) is 9.42. The predicted molar refractivity (Wildman–Crippen MR) is 188 cm³/mol. The summed E-state index contributed by atoms with van der Waals surface area (Å²) in [6.45, 7) is 7.05. The summed E-state index contributed by atoms with van der Waals surface area (Å²) >= 11 is 1.91. The van der Waals surface area contributed by atoms with Gasteiger partial charge in [0.05, 0.1) is 0 Å². The molecule has 0 N–H and O–H groups in total. The van der Waals surface area contributed by atoms with E-state index in [-0.39, 0.29) is 12.3 Å². The SMILES string of the molecule is Cc1cc2c3c(c1)N(c1ccccc1)c1ccccc1B3N(c1ccccc1)c1cc3c(cc1-2)C(C)(C)c1ccccc1S3. The van der Waals surface area contributed by atoms with Crippen molar-refractivity contribution in [1.82, 2.24) is 0 Å². The van der Waals surface area contributed by atoms with Crippen LogP contribution in [0.25, 0.3) is 11.1 Å². The normalized spacial score (nSPS) is 15.1. The zero-order valence-corrected chi connectivity index (χ0v) is 25.9. The van der Waals surface area contributed by atoms with E-state index in [0.29, 0.717) is 0 Å². The first kappa shape index (κ1) is 25.8. The third-order valence-corrected chi connectivity index (χ3v) is 10.8. The van der Waals surface area contributed by atoms with Crippen molar-refractivity contribution in [3.8, 4) is 11.1 Å². The van der Waals surface area contributed by atoms with Gasteiger partial charge in [-0.3, -0.25) is 0 Å². The fraction of sp³-hybridized carbons (Fsp3) is 0.100. The van der Waals surface area contributed by atoms with Crippen molar-refractivity contribution in [3.05, 3.63) is 150 Å². The highest BCUT2D eigenvalue weighted by molar-refractivity contribution is 7.99. The topological polar surface area (TPSA) is 6.48 Å². The first-order valence-corrected chi connectivity index (χ1v) is 16.2. The molecular weight excluding hydrogens is 551 g/mol. The van der Waals surface area contributed by atoms with Gasteiger partial charge >= 0.3 is 6.85 Å². The lowest BCUT2D eigenvalue weighted by atomic mass is 9.43. The van der Waals surface area contributed by atoms with Crippen LogP contribution >= 0.6 is 11.8 Å². The zero-order chi connectivity index (χ0) is 29.6. The third kappa shape index (κ3) is 3.58. The van der Waals surface area contributed by atoms with E-state index in [1.807, 2.05) is 11.8 Å². The number of fused-ring (bicyclic) bond motifs is 6. The lowest BCUT2D eigenvalue weighted by molar-refractivity contribution is 0.607. The van der Waals surface area contributed by atoms with E-state index in [4.69, 9.17) is 0 Å². The highest BCUT2D eigenvalue weighted by Crippen LogP contribution is 2.54. The van der Waals surface area contributed by atoms with Gasteiger partial charge in [0.2, 0.25) is 0 Å². The van der Waals surface area contributed by atoms with E-state index in [0.717, 1.165) is 0 Å². The van der Waals surface area contributed by atoms with Crippen molar-refractivity contribution in [2.24, 2.45) is 0 Å². The summed E-state index contributed by atoms with van der Waals surface area (Å²) in [7, 11) is 0. The molecule has 6 aromatic rings. The van der Waals surface area contributed by atoms with Gasteiger partial charge in [-0.15, -0.1) is 0 Å². The number of nitrogens with zero attached hydrogens (tertiary/aromatic N) is 2. The van der Waals surface area contributed by atoms with Crippen LogP contribution in [-0.2, 0) is 5.41 Å². The summed E-state index contributed by atoms with van der Waals surface area (Å²) in [5.41, 5.74) is 15.5. The van der Waals surface area contributed by atoms with Crippen LogP contribution in [0.1, 0.15) is 30.5 Å². The molecular formula is C40H31BN2S. The molecule has 0 unspecified atom stereocenters. The standard InChI is InChI=1S/C40H31BN2S/c1-26-22-30-29-24-32-38(44-37-21-13-10-18-31(37)40(32,2)3)25-35(29)43(28-16-8-5-9-17-28)41-33-19-11-12-20-34(33)42(36(23-26)39(30)41)27-14-6-4-7-15-27/h4-25H,1-3H3. The van der Waals surface area contributed by atoms with Crippen molar-refractivity contribution in [2.75, 3.05) is 9.71 Å². The molecule has 210 valence electrons. The van der Waals surface area contributed by atoms with Crippen LogP contribution in [-0.4, -0.2) is 6.85 Å². The highest BCUT2D eigenvalue weighted by atomic mass is 32.2. The van der Waals surface area contributed by atoms with Crippen LogP contribution in [0.3, 0.4) is 0 Å². The van der Waals surface area contributed by atoms with Gasteiger partial charge in [0.25, 0.3) is 0 Å². The van der Waals surface area contributed by atoms with E-state index in [1.165, 1.54) is 77.0 Å². The molecule has 0 fully saturated rings. The van der Waals surface area contributed by atoms with Crippen LogP contribution in [0.2, 0.25) is 0 Å². The molecule has 9 rings (SSSR count). The minimum Gasteiger partial charge on any atom is -0.376 e. The molecule has 0 amide bonds. The van der Waals surface area contributed by atoms with Crippen molar-refractivity contribution in [1.29, 1.82) is 0 Å². The molecule has 3 aliphatic heterocycles. The van der Waals surface area contributed by atoms with E-state index in [9.17, 15) is 0 Å². The molecule has 4 heteroatoms. The van der Waals surface area contributed by atoms with Crippen LogP contribution in [0, 0.1) is 6.92 Å². The number of benzene rings is 6. The quantitative estimate of drug-likeness (QED) is 0.188. The highest BCUT2D eigenvalue weighted by Gasteiger charge is 2.46. The van der Waals surface area contributed by atoms with Crippen LogP contribution < -0.4 is 20.6 Å². The molecule has 0 spiro atoms. The van der Waals surface area contributed by atoms with Gasteiger partial charge in [0.15, 0.2) is 0 Å². The van der Waals surface area contributed by atoms with Crippen molar-refractivity contribution < 1.29 is 0 Å². The first-order chi connectivity index (χ1) is 21.5. The molecule has 3 heterocycles. The average Bonchev–Trinajstić information content (AvgIpc) is 3.05. The predicted octanol–water partition coefficient (Wildman–Crippen LogP) is 9.49.